The van der Waals surface area contributed by atoms with Gasteiger partial charge in [-0.2, -0.15) is 5.10 Å². The number of nitrogens with zero attached hydrogens (tertiary/aromatic N) is 3. The Balaban J connectivity index is 1.57. The minimum atomic E-state index is 0.593. The third-order valence-corrected chi connectivity index (χ3v) is 4.27. The number of piperidine rings is 1. The molecule has 1 aliphatic heterocycles. The Morgan fingerprint density at radius 1 is 1.14 bits per heavy atom. The quantitative estimate of drug-likeness (QED) is 0.936. The Bertz CT molecular complexity index is 537. The van der Waals surface area contributed by atoms with Crippen molar-refractivity contribution in [1.29, 1.82) is 0 Å². The van der Waals surface area contributed by atoms with Gasteiger partial charge in [-0.3, -0.25) is 0 Å². The molecule has 21 heavy (non-hydrogen) atoms. The molecule has 2 heterocycles. The molecule has 0 unspecified atom stereocenters. The Morgan fingerprint density at radius 2 is 1.86 bits per heavy atom. The van der Waals surface area contributed by atoms with Crippen LogP contribution in [0, 0.1) is 0 Å². The summed E-state index contributed by atoms with van der Waals surface area (Å²) in [6.45, 7) is 6.95. The summed E-state index contributed by atoms with van der Waals surface area (Å²) < 4.78 is 1.88. The molecule has 1 aromatic carbocycles. The van der Waals surface area contributed by atoms with E-state index in [0.717, 1.165) is 5.69 Å². The average Bonchev–Trinajstić information content (AvgIpc) is 3.03. The normalized spacial score (nSPS) is 17.3. The molecular weight excluding hydrogens is 260 g/mol. The summed E-state index contributed by atoms with van der Waals surface area (Å²) in [6, 6.07) is 11.7. The number of benzene rings is 1. The van der Waals surface area contributed by atoms with E-state index in [-0.39, 0.29) is 0 Å². The number of nitrogens with one attached hydrogen (secondary N) is 1. The summed E-state index contributed by atoms with van der Waals surface area (Å²) in [4.78, 5) is 2.55. The maximum Gasteiger partial charge on any atom is 0.0647 e. The molecule has 0 radical (unpaired) electrons. The van der Waals surface area contributed by atoms with Crippen LogP contribution in [0.5, 0.6) is 0 Å². The molecule has 0 bridgehead atoms. The van der Waals surface area contributed by atoms with Crippen LogP contribution in [0.25, 0.3) is 5.69 Å². The maximum absolute atomic E-state index is 4.25. The van der Waals surface area contributed by atoms with Crippen molar-refractivity contribution in [2.75, 3.05) is 18.4 Å². The van der Waals surface area contributed by atoms with Gasteiger partial charge in [0.1, 0.15) is 0 Å². The molecule has 1 aromatic heterocycles. The molecule has 0 amide bonds. The Labute approximate surface area is 126 Å². The summed E-state index contributed by atoms with van der Waals surface area (Å²) in [7, 11) is 0. The Morgan fingerprint density at radius 3 is 2.43 bits per heavy atom. The SMILES string of the molecule is CC(C)N1CCC(Nc2ccc(-n3cccn3)cc2)CC1. The molecular formula is C17H24N4. The van der Waals surface area contributed by atoms with Crippen molar-refractivity contribution in [3.05, 3.63) is 42.7 Å². The van der Waals surface area contributed by atoms with Crippen LogP contribution < -0.4 is 5.32 Å². The predicted molar refractivity (Wildman–Crippen MR) is 86.9 cm³/mol. The highest BCUT2D eigenvalue weighted by Crippen LogP contribution is 2.19. The van der Waals surface area contributed by atoms with Gasteiger partial charge >= 0.3 is 0 Å². The molecule has 4 heteroatoms. The lowest BCUT2D eigenvalue weighted by Gasteiger charge is -2.35. The van der Waals surface area contributed by atoms with Crippen LogP contribution in [0.15, 0.2) is 42.7 Å². The minimum Gasteiger partial charge on any atom is -0.382 e. The first-order valence-corrected chi connectivity index (χ1v) is 7.83. The van der Waals surface area contributed by atoms with Crippen LogP contribution in [-0.2, 0) is 0 Å². The van der Waals surface area contributed by atoms with Gasteiger partial charge in [0.2, 0.25) is 0 Å². The zero-order chi connectivity index (χ0) is 14.7. The highest BCUT2D eigenvalue weighted by Gasteiger charge is 2.20. The first-order valence-electron chi connectivity index (χ1n) is 7.83. The molecule has 1 N–H and O–H groups in total. The second-order valence-electron chi connectivity index (χ2n) is 6.05. The largest absolute Gasteiger partial charge is 0.382 e. The van der Waals surface area contributed by atoms with Crippen LogP contribution in [0.2, 0.25) is 0 Å². The molecule has 0 saturated carbocycles. The van der Waals surface area contributed by atoms with E-state index in [1.807, 2.05) is 16.9 Å². The van der Waals surface area contributed by atoms with Crippen LogP contribution in [0.4, 0.5) is 5.69 Å². The average molecular weight is 284 g/mol. The first-order chi connectivity index (χ1) is 10.2. The fraction of sp³-hybridized carbons (Fsp3) is 0.471. The number of likely N-dealkylation sites (tertiary alicyclic amines) is 1. The van der Waals surface area contributed by atoms with Gasteiger partial charge in [0.05, 0.1) is 5.69 Å². The summed E-state index contributed by atoms with van der Waals surface area (Å²) >= 11 is 0. The zero-order valence-corrected chi connectivity index (χ0v) is 12.9. The van der Waals surface area contributed by atoms with Gasteiger partial charge in [0, 0.05) is 43.3 Å². The Hall–Kier alpha value is -1.81. The van der Waals surface area contributed by atoms with Gasteiger partial charge in [0.25, 0.3) is 0 Å². The molecule has 0 atom stereocenters. The first kappa shape index (κ1) is 14.1. The van der Waals surface area contributed by atoms with Gasteiger partial charge in [-0.1, -0.05) is 0 Å². The van der Waals surface area contributed by atoms with Crippen molar-refractivity contribution < 1.29 is 0 Å². The van der Waals surface area contributed by atoms with Crippen molar-refractivity contribution in [1.82, 2.24) is 14.7 Å². The van der Waals surface area contributed by atoms with Crippen molar-refractivity contribution in [3.8, 4) is 5.69 Å². The van der Waals surface area contributed by atoms with E-state index in [9.17, 15) is 0 Å². The highest BCUT2D eigenvalue weighted by atomic mass is 15.3. The van der Waals surface area contributed by atoms with Crippen LogP contribution in [0.3, 0.4) is 0 Å². The monoisotopic (exact) mass is 284 g/mol. The van der Waals surface area contributed by atoms with Gasteiger partial charge < -0.3 is 10.2 Å². The minimum absolute atomic E-state index is 0.593. The van der Waals surface area contributed by atoms with Gasteiger partial charge in [-0.05, 0) is 57.0 Å². The predicted octanol–water partition coefficient (Wildman–Crippen LogP) is 3.16. The lowest BCUT2D eigenvalue weighted by molar-refractivity contribution is 0.177. The second-order valence-corrected chi connectivity index (χ2v) is 6.05. The summed E-state index contributed by atoms with van der Waals surface area (Å²) in [5.74, 6) is 0. The standard InChI is InChI=1S/C17H24N4/c1-14(2)20-12-8-16(9-13-20)19-15-4-6-17(7-5-15)21-11-3-10-18-21/h3-7,10-11,14,16,19H,8-9,12-13H2,1-2H3. The summed E-state index contributed by atoms with van der Waals surface area (Å²) in [5, 5.41) is 7.90. The van der Waals surface area contributed by atoms with Gasteiger partial charge in [-0.15, -0.1) is 0 Å². The highest BCUT2D eigenvalue weighted by molar-refractivity contribution is 5.49. The zero-order valence-electron chi connectivity index (χ0n) is 12.9. The van der Waals surface area contributed by atoms with Crippen LogP contribution >= 0.6 is 0 Å². The van der Waals surface area contributed by atoms with E-state index in [0.29, 0.717) is 12.1 Å². The molecule has 3 rings (SSSR count). The van der Waals surface area contributed by atoms with Crippen molar-refractivity contribution in [2.45, 2.75) is 38.8 Å². The third-order valence-electron chi connectivity index (χ3n) is 4.27. The lowest BCUT2D eigenvalue weighted by atomic mass is 10.0. The van der Waals surface area contributed by atoms with E-state index >= 15 is 0 Å². The summed E-state index contributed by atoms with van der Waals surface area (Å²) in [5.41, 5.74) is 2.30. The topological polar surface area (TPSA) is 33.1 Å². The smallest absolute Gasteiger partial charge is 0.0647 e. The molecule has 112 valence electrons. The maximum atomic E-state index is 4.25. The fourth-order valence-corrected chi connectivity index (χ4v) is 2.93. The van der Waals surface area contributed by atoms with E-state index in [1.54, 1.807) is 6.20 Å². The molecule has 1 aliphatic rings. The number of rotatable bonds is 4. The van der Waals surface area contributed by atoms with Gasteiger partial charge in [0.15, 0.2) is 0 Å². The van der Waals surface area contributed by atoms with Crippen molar-refractivity contribution in [2.24, 2.45) is 0 Å². The molecule has 1 fully saturated rings. The molecule has 2 aromatic rings. The van der Waals surface area contributed by atoms with Crippen molar-refractivity contribution >= 4 is 5.69 Å². The van der Waals surface area contributed by atoms with E-state index in [2.05, 4.69) is 53.4 Å². The number of aromatic nitrogens is 2. The Kier molecular flexibility index (Phi) is 4.25. The summed E-state index contributed by atoms with van der Waals surface area (Å²) in [6.07, 6.45) is 6.21. The molecule has 4 nitrogen and oxygen atoms in total. The van der Waals surface area contributed by atoms with Crippen LogP contribution in [0.1, 0.15) is 26.7 Å². The van der Waals surface area contributed by atoms with E-state index < -0.39 is 0 Å². The number of hydrogen-bond donors (Lipinski definition) is 1. The molecule has 1 saturated heterocycles. The number of anilines is 1. The third kappa shape index (κ3) is 3.45. The molecule has 0 aliphatic carbocycles. The molecule has 0 spiro atoms. The van der Waals surface area contributed by atoms with E-state index in [1.165, 1.54) is 31.6 Å². The second kappa shape index (κ2) is 6.31. The fourth-order valence-electron chi connectivity index (χ4n) is 2.93. The van der Waals surface area contributed by atoms with Gasteiger partial charge in [-0.25, -0.2) is 4.68 Å². The number of hydrogen-bond acceptors (Lipinski definition) is 3. The van der Waals surface area contributed by atoms with Crippen LogP contribution in [-0.4, -0.2) is 39.9 Å². The van der Waals surface area contributed by atoms with E-state index in [4.69, 9.17) is 0 Å². The lowest BCUT2D eigenvalue weighted by Crippen LogP contribution is -2.42. The van der Waals surface area contributed by atoms with Crippen molar-refractivity contribution in [3.63, 3.8) is 0 Å².